The monoisotopic (exact) mass is 389 g/mol. The zero-order valence-electron chi connectivity index (χ0n) is 15.3. The fourth-order valence-electron chi connectivity index (χ4n) is 3.97. The highest BCUT2D eigenvalue weighted by atomic mass is 32.1. The van der Waals surface area contributed by atoms with E-state index in [-0.39, 0.29) is 18.0 Å². The summed E-state index contributed by atoms with van der Waals surface area (Å²) < 4.78 is 1.42. The van der Waals surface area contributed by atoms with E-state index in [1.54, 1.807) is 11.3 Å². The Morgan fingerprint density at radius 1 is 1.11 bits per heavy atom. The molecular formula is C22H19N3O2S. The average Bonchev–Trinajstić information content (AvgIpc) is 3.10. The summed E-state index contributed by atoms with van der Waals surface area (Å²) in [6.45, 7) is -0.0460. The van der Waals surface area contributed by atoms with Gasteiger partial charge in [0.2, 0.25) is 5.91 Å². The lowest BCUT2D eigenvalue weighted by Gasteiger charge is -2.11. The van der Waals surface area contributed by atoms with Gasteiger partial charge in [0.15, 0.2) is 0 Å². The van der Waals surface area contributed by atoms with Gasteiger partial charge in [-0.05, 0) is 42.7 Å². The van der Waals surface area contributed by atoms with Crippen molar-refractivity contribution in [3.8, 4) is 0 Å². The van der Waals surface area contributed by atoms with Crippen LogP contribution in [0.5, 0.6) is 0 Å². The molecule has 0 saturated heterocycles. The van der Waals surface area contributed by atoms with Gasteiger partial charge in [-0.1, -0.05) is 36.4 Å². The molecule has 0 aliphatic heterocycles. The summed E-state index contributed by atoms with van der Waals surface area (Å²) in [4.78, 5) is 32.2. The second kappa shape index (κ2) is 6.87. The Balaban J connectivity index is 1.46. The number of anilines is 1. The maximum absolute atomic E-state index is 13.0. The van der Waals surface area contributed by atoms with Crippen LogP contribution in [0.3, 0.4) is 0 Å². The summed E-state index contributed by atoms with van der Waals surface area (Å²) in [5.41, 5.74) is 1.78. The quantitative estimate of drug-likeness (QED) is 0.573. The third kappa shape index (κ3) is 2.90. The summed E-state index contributed by atoms with van der Waals surface area (Å²) in [6.07, 6.45) is 5.72. The molecule has 0 atom stereocenters. The first kappa shape index (κ1) is 17.1. The van der Waals surface area contributed by atoms with Crippen LogP contribution >= 0.6 is 11.3 Å². The van der Waals surface area contributed by atoms with Crippen molar-refractivity contribution in [1.82, 2.24) is 9.55 Å². The van der Waals surface area contributed by atoms with Crippen LogP contribution in [0.4, 0.5) is 5.69 Å². The molecule has 0 saturated carbocycles. The molecule has 5 nitrogen and oxygen atoms in total. The Morgan fingerprint density at radius 2 is 1.93 bits per heavy atom. The Bertz CT molecular complexity index is 1270. The summed E-state index contributed by atoms with van der Waals surface area (Å²) in [7, 11) is 0. The first-order valence-electron chi connectivity index (χ1n) is 9.48. The van der Waals surface area contributed by atoms with Gasteiger partial charge in [-0.3, -0.25) is 14.2 Å². The number of carbonyl (C=O) groups is 1. The Kier molecular flexibility index (Phi) is 4.20. The lowest BCUT2D eigenvalue weighted by atomic mass is 9.97. The van der Waals surface area contributed by atoms with Crippen LogP contribution in [0.2, 0.25) is 0 Å². The minimum absolute atomic E-state index is 0.0460. The first-order valence-corrected chi connectivity index (χ1v) is 10.3. The number of nitrogens with one attached hydrogen (secondary N) is 1. The third-order valence-electron chi connectivity index (χ3n) is 5.32. The third-order valence-corrected chi connectivity index (χ3v) is 6.52. The number of amides is 1. The molecule has 2 heterocycles. The van der Waals surface area contributed by atoms with Crippen LogP contribution in [-0.2, 0) is 24.2 Å². The molecule has 28 heavy (non-hydrogen) atoms. The SMILES string of the molecule is O=C(Cn1cnc2sc3c(c2c1=O)CCCC3)Nc1cccc2ccccc12. The largest absolute Gasteiger partial charge is 0.324 e. The maximum Gasteiger partial charge on any atom is 0.262 e. The highest BCUT2D eigenvalue weighted by molar-refractivity contribution is 7.18. The standard InChI is InChI=1S/C22H19N3O2S/c26-19(24-17-10-5-7-14-6-1-2-8-15(14)17)12-25-13-23-21-20(22(25)27)16-9-3-4-11-18(16)28-21/h1-2,5-8,10,13H,3-4,9,11-12H2,(H,24,26). The van der Waals surface area contributed by atoms with E-state index in [2.05, 4.69) is 10.3 Å². The predicted octanol–water partition coefficient (Wildman–Crippen LogP) is 4.13. The van der Waals surface area contributed by atoms with Gasteiger partial charge in [0.1, 0.15) is 11.4 Å². The molecule has 2 aromatic heterocycles. The lowest BCUT2D eigenvalue weighted by Crippen LogP contribution is -2.28. The summed E-state index contributed by atoms with van der Waals surface area (Å²) in [5, 5.41) is 5.69. The Hall–Kier alpha value is -2.99. The number of aryl methyl sites for hydroxylation is 2. The van der Waals surface area contributed by atoms with Gasteiger partial charge in [-0.25, -0.2) is 4.98 Å². The van der Waals surface area contributed by atoms with Crippen molar-refractivity contribution in [1.29, 1.82) is 0 Å². The van der Waals surface area contributed by atoms with E-state index in [1.165, 1.54) is 22.2 Å². The number of nitrogens with zero attached hydrogens (tertiary/aromatic N) is 2. The van der Waals surface area contributed by atoms with Gasteiger partial charge in [-0.15, -0.1) is 11.3 Å². The van der Waals surface area contributed by atoms with Crippen LogP contribution in [-0.4, -0.2) is 15.5 Å². The molecule has 6 heteroatoms. The van der Waals surface area contributed by atoms with Crippen molar-refractivity contribution < 1.29 is 4.79 Å². The van der Waals surface area contributed by atoms with Gasteiger partial charge >= 0.3 is 0 Å². The van der Waals surface area contributed by atoms with Crippen LogP contribution in [0.15, 0.2) is 53.6 Å². The molecule has 0 spiro atoms. The molecule has 0 unspecified atom stereocenters. The fourth-order valence-corrected chi connectivity index (χ4v) is 5.19. The Labute approximate surface area is 165 Å². The van der Waals surface area contributed by atoms with E-state index in [4.69, 9.17) is 0 Å². The molecule has 0 radical (unpaired) electrons. The molecule has 4 aromatic rings. The predicted molar refractivity (Wildman–Crippen MR) is 113 cm³/mol. The fraction of sp³-hybridized carbons (Fsp3) is 0.227. The van der Waals surface area contributed by atoms with Crippen molar-refractivity contribution >= 4 is 43.9 Å². The van der Waals surface area contributed by atoms with Crippen molar-refractivity contribution in [2.45, 2.75) is 32.2 Å². The number of benzene rings is 2. The number of hydrogen-bond donors (Lipinski definition) is 1. The number of rotatable bonds is 3. The number of carbonyl (C=O) groups excluding carboxylic acids is 1. The Morgan fingerprint density at radius 3 is 2.86 bits per heavy atom. The van der Waals surface area contributed by atoms with Crippen molar-refractivity contribution in [3.05, 3.63) is 69.6 Å². The topological polar surface area (TPSA) is 64.0 Å². The number of thiophene rings is 1. The second-order valence-corrected chi connectivity index (χ2v) is 8.23. The minimum Gasteiger partial charge on any atom is -0.324 e. The van der Waals surface area contributed by atoms with Gasteiger partial charge in [0.05, 0.1) is 11.7 Å². The van der Waals surface area contributed by atoms with Crippen LogP contribution in [0, 0.1) is 0 Å². The second-order valence-electron chi connectivity index (χ2n) is 7.14. The molecular weight excluding hydrogens is 370 g/mol. The van der Waals surface area contributed by atoms with Gasteiger partial charge in [-0.2, -0.15) is 0 Å². The van der Waals surface area contributed by atoms with Crippen LogP contribution in [0.25, 0.3) is 21.0 Å². The van der Waals surface area contributed by atoms with Crippen molar-refractivity contribution in [3.63, 3.8) is 0 Å². The van der Waals surface area contributed by atoms with E-state index in [0.29, 0.717) is 5.39 Å². The van der Waals surface area contributed by atoms with Gasteiger partial charge in [0.25, 0.3) is 5.56 Å². The van der Waals surface area contributed by atoms with Gasteiger partial charge in [0, 0.05) is 16.0 Å². The summed E-state index contributed by atoms with van der Waals surface area (Å²) >= 11 is 1.62. The molecule has 1 aliphatic carbocycles. The summed E-state index contributed by atoms with van der Waals surface area (Å²) in [5.74, 6) is -0.233. The van der Waals surface area contributed by atoms with E-state index < -0.39 is 0 Å². The van der Waals surface area contributed by atoms with E-state index in [0.717, 1.165) is 46.1 Å². The number of hydrogen-bond acceptors (Lipinski definition) is 4. The molecule has 5 rings (SSSR count). The highest BCUT2D eigenvalue weighted by Gasteiger charge is 2.20. The highest BCUT2D eigenvalue weighted by Crippen LogP contribution is 2.33. The van der Waals surface area contributed by atoms with E-state index >= 15 is 0 Å². The van der Waals surface area contributed by atoms with E-state index in [1.807, 2.05) is 42.5 Å². The summed E-state index contributed by atoms with van der Waals surface area (Å²) in [6, 6.07) is 13.7. The lowest BCUT2D eigenvalue weighted by molar-refractivity contribution is -0.116. The number of aromatic nitrogens is 2. The van der Waals surface area contributed by atoms with Gasteiger partial charge < -0.3 is 5.32 Å². The molecule has 2 aromatic carbocycles. The van der Waals surface area contributed by atoms with Crippen molar-refractivity contribution in [2.75, 3.05) is 5.32 Å². The van der Waals surface area contributed by atoms with E-state index in [9.17, 15) is 9.59 Å². The average molecular weight is 389 g/mol. The maximum atomic E-state index is 13.0. The zero-order valence-corrected chi connectivity index (χ0v) is 16.1. The molecule has 1 aliphatic rings. The van der Waals surface area contributed by atoms with Crippen LogP contribution < -0.4 is 10.9 Å². The molecule has 0 bridgehead atoms. The smallest absolute Gasteiger partial charge is 0.262 e. The number of fused-ring (bicyclic) bond motifs is 4. The normalized spacial score (nSPS) is 13.6. The molecule has 1 N–H and O–H groups in total. The van der Waals surface area contributed by atoms with Crippen LogP contribution in [0.1, 0.15) is 23.3 Å². The minimum atomic E-state index is -0.233. The molecule has 1 amide bonds. The molecule has 140 valence electrons. The van der Waals surface area contributed by atoms with Crippen molar-refractivity contribution in [2.24, 2.45) is 0 Å². The molecule has 0 fully saturated rings. The zero-order chi connectivity index (χ0) is 19.1. The first-order chi connectivity index (χ1) is 13.7.